The van der Waals surface area contributed by atoms with E-state index >= 15 is 0 Å². The summed E-state index contributed by atoms with van der Waals surface area (Å²) >= 11 is 1.58. The third kappa shape index (κ3) is 4.04. The van der Waals surface area contributed by atoms with E-state index in [1.54, 1.807) is 28.0 Å². The summed E-state index contributed by atoms with van der Waals surface area (Å²) in [5.74, 6) is 0.409. The first-order valence-corrected chi connectivity index (χ1v) is 12.2. The summed E-state index contributed by atoms with van der Waals surface area (Å²) in [7, 11) is 1.62. The largest absolute Gasteiger partial charge is 0.497 e. The number of ether oxygens (including phenoxy) is 1. The van der Waals surface area contributed by atoms with Gasteiger partial charge in [-0.15, -0.1) is 11.3 Å². The molecule has 7 nitrogen and oxygen atoms in total. The number of amides is 2. The van der Waals surface area contributed by atoms with Crippen LogP contribution in [0.25, 0.3) is 10.6 Å². The lowest BCUT2D eigenvalue weighted by Crippen LogP contribution is -2.64. The summed E-state index contributed by atoms with van der Waals surface area (Å²) in [5, 5.41) is 9.91. The number of hydrogen-bond donors (Lipinski definition) is 1. The SMILES string of the molecule is COc1cccc(CN2C(=O)c3cc(-c4cccs4)nn3CC2(C)C(=O)NC2CCCC2)c1. The van der Waals surface area contributed by atoms with Crippen molar-refractivity contribution in [3.8, 4) is 16.3 Å². The Kier molecular flexibility index (Phi) is 5.70. The van der Waals surface area contributed by atoms with Gasteiger partial charge in [-0.1, -0.05) is 31.0 Å². The Morgan fingerprint density at radius 1 is 1.24 bits per heavy atom. The lowest BCUT2D eigenvalue weighted by Gasteiger charge is -2.43. The van der Waals surface area contributed by atoms with E-state index in [1.165, 1.54) is 0 Å². The van der Waals surface area contributed by atoms with Crippen LogP contribution < -0.4 is 10.1 Å². The number of carbonyl (C=O) groups is 2. The molecule has 0 saturated heterocycles. The summed E-state index contributed by atoms with van der Waals surface area (Å²) in [6.45, 7) is 2.47. The number of fused-ring (bicyclic) bond motifs is 1. The van der Waals surface area contributed by atoms with Gasteiger partial charge >= 0.3 is 0 Å². The van der Waals surface area contributed by atoms with Crippen molar-refractivity contribution in [3.63, 3.8) is 0 Å². The normalized spacial score (nSPS) is 20.7. The van der Waals surface area contributed by atoms with Gasteiger partial charge in [0.1, 0.15) is 22.7 Å². The smallest absolute Gasteiger partial charge is 0.273 e. The number of aromatic nitrogens is 2. The van der Waals surface area contributed by atoms with E-state index in [0.29, 0.717) is 18.8 Å². The average molecular weight is 465 g/mol. The van der Waals surface area contributed by atoms with E-state index in [4.69, 9.17) is 9.84 Å². The van der Waals surface area contributed by atoms with Crippen molar-refractivity contribution in [3.05, 3.63) is 59.1 Å². The van der Waals surface area contributed by atoms with Gasteiger partial charge in [-0.05, 0) is 55.0 Å². The number of rotatable bonds is 6. The number of benzene rings is 1. The second-order valence-electron chi connectivity index (χ2n) is 9.02. The number of methoxy groups -OCH3 is 1. The second kappa shape index (κ2) is 8.67. The highest BCUT2D eigenvalue weighted by Gasteiger charge is 2.48. The Balaban J connectivity index is 1.52. The highest BCUT2D eigenvalue weighted by atomic mass is 32.1. The summed E-state index contributed by atoms with van der Waals surface area (Å²) in [6, 6.07) is 13.6. The highest BCUT2D eigenvalue weighted by molar-refractivity contribution is 7.13. The van der Waals surface area contributed by atoms with Crippen LogP contribution in [0, 0.1) is 0 Å². The summed E-state index contributed by atoms with van der Waals surface area (Å²) in [5.41, 5.74) is 1.12. The molecule has 1 saturated carbocycles. The molecule has 1 atom stereocenters. The molecule has 0 bridgehead atoms. The van der Waals surface area contributed by atoms with Gasteiger partial charge < -0.3 is 15.0 Å². The number of nitrogens with one attached hydrogen (secondary N) is 1. The third-order valence-electron chi connectivity index (χ3n) is 6.73. The van der Waals surface area contributed by atoms with Gasteiger partial charge in [0.05, 0.1) is 18.5 Å². The Bertz CT molecular complexity index is 1170. The van der Waals surface area contributed by atoms with Gasteiger partial charge in [-0.25, -0.2) is 0 Å². The standard InChI is InChI=1S/C25H28N4O3S/c1-25(24(31)26-18-8-3-4-9-18)16-29-21(14-20(27-29)22-11-6-12-33-22)23(30)28(25)15-17-7-5-10-19(13-17)32-2/h5-7,10-14,18H,3-4,8-9,15-16H2,1-2H3,(H,26,31). The van der Waals surface area contributed by atoms with Gasteiger partial charge in [0, 0.05) is 12.6 Å². The van der Waals surface area contributed by atoms with Crippen LogP contribution in [0.3, 0.4) is 0 Å². The van der Waals surface area contributed by atoms with E-state index in [0.717, 1.165) is 47.6 Å². The van der Waals surface area contributed by atoms with E-state index < -0.39 is 5.54 Å². The van der Waals surface area contributed by atoms with E-state index in [9.17, 15) is 9.59 Å². The molecule has 3 heterocycles. The van der Waals surface area contributed by atoms with Gasteiger partial charge in [-0.3, -0.25) is 14.3 Å². The predicted octanol–water partition coefficient (Wildman–Crippen LogP) is 4.09. The molecule has 1 fully saturated rings. The van der Waals surface area contributed by atoms with Crippen molar-refractivity contribution in [2.45, 2.75) is 57.3 Å². The molecule has 5 rings (SSSR count). The lowest BCUT2D eigenvalue weighted by atomic mass is 9.93. The zero-order valence-electron chi connectivity index (χ0n) is 18.9. The molecule has 1 aliphatic carbocycles. The molecule has 1 aliphatic heterocycles. The summed E-state index contributed by atoms with van der Waals surface area (Å²) in [4.78, 5) is 30.1. The molecule has 0 spiro atoms. The molecule has 2 amide bonds. The van der Waals surface area contributed by atoms with Crippen molar-refractivity contribution in [1.82, 2.24) is 20.0 Å². The first kappa shape index (κ1) is 21.7. The molecule has 3 aromatic rings. The molecule has 172 valence electrons. The quantitative estimate of drug-likeness (QED) is 0.596. The van der Waals surface area contributed by atoms with Crippen LogP contribution in [0.4, 0.5) is 0 Å². The van der Waals surface area contributed by atoms with E-state index in [-0.39, 0.29) is 17.9 Å². The van der Waals surface area contributed by atoms with Crippen molar-refractivity contribution in [2.24, 2.45) is 0 Å². The Hall–Kier alpha value is -3.13. The molecule has 33 heavy (non-hydrogen) atoms. The minimum absolute atomic E-state index is 0.121. The average Bonchev–Trinajstić information content (AvgIpc) is 3.58. The number of nitrogens with zero attached hydrogens (tertiary/aromatic N) is 3. The molecule has 1 aromatic carbocycles. The fourth-order valence-corrected chi connectivity index (χ4v) is 5.48. The van der Waals surface area contributed by atoms with Crippen molar-refractivity contribution in [1.29, 1.82) is 0 Å². The first-order chi connectivity index (χ1) is 16.0. The van der Waals surface area contributed by atoms with Crippen molar-refractivity contribution < 1.29 is 14.3 Å². The number of thiophene rings is 1. The molecule has 8 heteroatoms. The molecular formula is C25H28N4O3S. The molecule has 1 N–H and O–H groups in total. The van der Waals surface area contributed by atoms with Gasteiger partial charge in [0.2, 0.25) is 5.91 Å². The van der Waals surface area contributed by atoms with Crippen molar-refractivity contribution in [2.75, 3.05) is 7.11 Å². The third-order valence-corrected chi connectivity index (χ3v) is 7.62. The molecular weight excluding hydrogens is 436 g/mol. The molecule has 0 radical (unpaired) electrons. The monoisotopic (exact) mass is 464 g/mol. The minimum atomic E-state index is -1.06. The molecule has 1 unspecified atom stereocenters. The predicted molar refractivity (Wildman–Crippen MR) is 127 cm³/mol. The summed E-state index contributed by atoms with van der Waals surface area (Å²) < 4.78 is 7.07. The van der Waals surface area contributed by atoms with Gasteiger partial charge in [-0.2, -0.15) is 5.10 Å². The van der Waals surface area contributed by atoms with Crippen LogP contribution in [-0.2, 0) is 17.9 Å². The highest BCUT2D eigenvalue weighted by Crippen LogP contribution is 2.33. The van der Waals surface area contributed by atoms with Crippen LogP contribution in [-0.4, -0.2) is 45.2 Å². The zero-order valence-corrected chi connectivity index (χ0v) is 19.7. The van der Waals surface area contributed by atoms with Crippen LogP contribution in [0.2, 0.25) is 0 Å². The maximum Gasteiger partial charge on any atom is 0.273 e. The number of hydrogen-bond acceptors (Lipinski definition) is 5. The summed E-state index contributed by atoms with van der Waals surface area (Å²) in [6.07, 6.45) is 4.23. The Morgan fingerprint density at radius 2 is 2.06 bits per heavy atom. The van der Waals surface area contributed by atoms with E-state index in [1.807, 2.05) is 54.8 Å². The topological polar surface area (TPSA) is 76.5 Å². The zero-order chi connectivity index (χ0) is 23.0. The van der Waals surface area contributed by atoms with Crippen molar-refractivity contribution >= 4 is 23.2 Å². The fourth-order valence-electron chi connectivity index (χ4n) is 4.80. The maximum absolute atomic E-state index is 13.8. The number of carbonyl (C=O) groups excluding carboxylic acids is 2. The lowest BCUT2D eigenvalue weighted by molar-refractivity contribution is -0.134. The van der Waals surface area contributed by atoms with Crippen LogP contribution in [0.15, 0.2) is 47.8 Å². The fraction of sp³-hybridized carbons (Fsp3) is 0.400. The van der Waals surface area contributed by atoms with Crippen LogP contribution in [0.1, 0.15) is 48.7 Å². The van der Waals surface area contributed by atoms with E-state index in [2.05, 4.69) is 5.32 Å². The Labute approximate surface area is 197 Å². The maximum atomic E-state index is 13.8. The van der Waals surface area contributed by atoms with Gasteiger partial charge in [0.25, 0.3) is 5.91 Å². The first-order valence-electron chi connectivity index (χ1n) is 11.4. The minimum Gasteiger partial charge on any atom is -0.497 e. The second-order valence-corrected chi connectivity index (χ2v) is 9.97. The Morgan fingerprint density at radius 3 is 2.79 bits per heavy atom. The molecule has 2 aliphatic rings. The van der Waals surface area contributed by atoms with Gasteiger partial charge in [0.15, 0.2) is 0 Å². The molecule has 2 aromatic heterocycles. The van der Waals surface area contributed by atoms with Crippen LogP contribution in [0.5, 0.6) is 5.75 Å². The van der Waals surface area contributed by atoms with Crippen LogP contribution >= 0.6 is 11.3 Å².